The van der Waals surface area contributed by atoms with Crippen LogP contribution in [0.2, 0.25) is 0 Å². The zero-order valence-electron chi connectivity index (χ0n) is 12.7. The summed E-state index contributed by atoms with van der Waals surface area (Å²) in [7, 11) is 0. The van der Waals surface area contributed by atoms with E-state index in [2.05, 4.69) is 31.0 Å². The normalized spacial score (nSPS) is 41.3. The van der Waals surface area contributed by atoms with Crippen LogP contribution in [-0.2, 0) is 4.79 Å². The van der Waals surface area contributed by atoms with Gasteiger partial charge in [0.15, 0.2) is 0 Å². The highest BCUT2D eigenvalue weighted by Gasteiger charge is 2.51. The minimum atomic E-state index is 0.236. The molecule has 2 saturated heterocycles. The van der Waals surface area contributed by atoms with Crippen LogP contribution >= 0.6 is 0 Å². The van der Waals surface area contributed by atoms with E-state index in [1.54, 1.807) is 0 Å². The van der Waals surface area contributed by atoms with Crippen LogP contribution in [0.25, 0.3) is 0 Å². The first kappa shape index (κ1) is 13.4. The van der Waals surface area contributed by atoms with E-state index in [4.69, 9.17) is 0 Å². The van der Waals surface area contributed by atoms with Gasteiger partial charge in [-0.2, -0.15) is 0 Å². The maximum absolute atomic E-state index is 12.8. The van der Waals surface area contributed by atoms with E-state index in [1.807, 2.05) is 0 Å². The lowest BCUT2D eigenvalue weighted by molar-refractivity contribution is -0.137. The fourth-order valence-corrected chi connectivity index (χ4v) is 5.01. The molecule has 2 heterocycles. The minimum Gasteiger partial charge on any atom is -0.339 e. The van der Waals surface area contributed by atoms with Crippen LogP contribution < -0.4 is 5.32 Å². The van der Waals surface area contributed by atoms with Crippen molar-refractivity contribution in [1.82, 2.24) is 10.2 Å². The van der Waals surface area contributed by atoms with Crippen LogP contribution in [0.15, 0.2) is 0 Å². The highest BCUT2D eigenvalue weighted by Crippen LogP contribution is 2.52. The standard InChI is InChI=1S/C16H28N2O/c1-15(2)7-13-8-16(3,10-15)11-18(13)14(19)12-5-4-6-17-9-12/h12-13,17H,4-11H2,1-3H3/t12-,13?,16?/m1/s1. The predicted octanol–water partition coefficient (Wildman–Crippen LogP) is 2.41. The number of carbonyl (C=O) groups excluding carboxylic acids is 1. The molecule has 0 spiro atoms. The van der Waals surface area contributed by atoms with Crippen LogP contribution in [0.1, 0.15) is 52.9 Å². The quantitative estimate of drug-likeness (QED) is 0.789. The van der Waals surface area contributed by atoms with Crippen molar-refractivity contribution in [3.63, 3.8) is 0 Å². The monoisotopic (exact) mass is 264 g/mol. The number of hydrogen-bond donors (Lipinski definition) is 1. The van der Waals surface area contributed by atoms with Gasteiger partial charge in [0, 0.05) is 19.1 Å². The van der Waals surface area contributed by atoms with E-state index in [-0.39, 0.29) is 5.92 Å². The Morgan fingerprint density at radius 3 is 2.74 bits per heavy atom. The van der Waals surface area contributed by atoms with Gasteiger partial charge in [-0.25, -0.2) is 0 Å². The lowest BCUT2D eigenvalue weighted by Gasteiger charge is -2.39. The second kappa shape index (κ2) is 4.47. The van der Waals surface area contributed by atoms with Crippen molar-refractivity contribution in [2.45, 2.75) is 58.9 Å². The Hall–Kier alpha value is -0.570. The van der Waals surface area contributed by atoms with Gasteiger partial charge in [-0.05, 0) is 49.5 Å². The molecule has 3 fully saturated rings. The number of carbonyl (C=O) groups is 1. The number of nitrogens with one attached hydrogen (secondary N) is 1. The van der Waals surface area contributed by atoms with Crippen molar-refractivity contribution < 1.29 is 4.79 Å². The van der Waals surface area contributed by atoms with Gasteiger partial charge >= 0.3 is 0 Å². The van der Waals surface area contributed by atoms with Gasteiger partial charge in [-0.1, -0.05) is 20.8 Å². The second-order valence-corrected chi connectivity index (χ2v) is 8.22. The van der Waals surface area contributed by atoms with Crippen LogP contribution in [-0.4, -0.2) is 36.5 Å². The minimum absolute atomic E-state index is 0.236. The summed E-state index contributed by atoms with van der Waals surface area (Å²) < 4.78 is 0. The predicted molar refractivity (Wildman–Crippen MR) is 76.8 cm³/mol. The van der Waals surface area contributed by atoms with Crippen molar-refractivity contribution in [1.29, 1.82) is 0 Å². The molecule has 0 aromatic carbocycles. The van der Waals surface area contributed by atoms with Crippen molar-refractivity contribution in [3.8, 4) is 0 Å². The summed E-state index contributed by atoms with van der Waals surface area (Å²) in [6, 6.07) is 0.503. The Bertz CT molecular complexity index is 373. The van der Waals surface area contributed by atoms with Gasteiger partial charge in [-0.15, -0.1) is 0 Å². The van der Waals surface area contributed by atoms with Crippen LogP contribution in [0.3, 0.4) is 0 Å². The average molecular weight is 264 g/mol. The molecule has 108 valence electrons. The molecule has 2 bridgehead atoms. The maximum Gasteiger partial charge on any atom is 0.227 e. The van der Waals surface area contributed by atoms with Gasteiger partial charge in [0.25, 0.3) is 0 Å². The molecule has 3 heteroatoms. The molecular formula is C16H28N2O. The highest BCUT2D eigenvalue weighted by molar-refractivity contribution is 5.80. The van der Waals surface area contributed by atoms with E-state index in [0.29, 0.717) is 22.8 Å². The molecule has 0 radical (unpaired) electrons. The van der Waals surface area contributed by atoms with Crippen LogP contribution in [0, 0.1) is 16.7 Å². The summed E-state index contributed by atoms with van der Waals surface area (Å²) in [5, 5.41) is 3.38. The zero-order valence-corrected chi connectivity index (χ0v) is 12.7. The average Bonchev–Trinajstić information content (AvgIpc) is 2.59. The number of fused-ring (bicyclic) bond motifs is 2. The first-order valence-electron chi connectivity index (χ1n) is 7.90. The molecule has 2 aliphatic heterocycles. The molecule has 1 N–H and O–H groups in total. The zero-order chi connectivity index (χ0) is 13.7. The molecule has 19 heavy (non-hydrogen) atoms. The number of amides is 1. The largest absolute Gasteiger partial charge is 0.339 e. The number of rotatable bonds is 1. The van der Waals surface area contributed by atoms with Gasteiger partial charge in [0.1, 0.15) is 0 Å². The Kier molecular flexibility index (Phi) is 3.16. The van der Waals surface area contributed by atoms with E-state index in [0.717, 1.165) is 32.5 Å². The lowest BCUT2D eigenvalue weighted by atomic mass is 9.65. The summed E-state index contributed by atoms with van der Waals surface area (Å²) >= 11 is 0. The fraction of sp³-hybridized carbons (Fsp3) is 0.938. The molecule has 3 rings (SSSR count). The molecule has 1 aliphatic carbocycles. The van der Waals surface area contributed by atoms with Crippen molar-refractivity contribution in [2.24, 2.45) is 16.7 Å². The van der Waals surface area contributed by atoms with Crippen LogP contribution in [0.5, 0.6) is 0 Å². The van der Waals surface area contributed by atoms with E-state index < -0.39 is 0 Å². The molecule has 1 saturated carbocycles. The third-order valence-corrected chi connectivity index (χ3v) is 5.34. The van der Waals surface area contributed by atoms with Gasteiger partial charge in [0.2, 0.25) is 5.91 Å². The molecular weight excluding hydrogens is 236 g/mol. The fourth-order valence-electron chi connectivity index (χ4n) is 5.01. The lowest BCUT2D eigenvalue weighted by Crippen LogP contribution is -2.45. The van der Waals surface area contributed by atoms with E-state index in [9.17, 15) is 4.79 Å². The van der Waals surface area contributed by atoms with Crippen molar-refractivity contribution >= 4 is 5.91 Å². The third-order valence-electron chi connectivity index (χ3n) is 5.34. The van der Waals surface area contributed by atoms with E-state index in [1.165, 1.54) is 19.3 Å². The topological polar surface area (TPSA) is 32.3 Å². The smallest absolute Gasteiger partial charge is 0.227 e. The number of likely N-dealkylation sites (tertiary alicyclic amines) is 1. The van der Waals surface area contributed by atoms with Gasteiger partial charge in [-0.3, -0.25) is 4.79 Å². The molecule has 1 amide bonds. The maximum atomic E-state index is 12.8. The van der Waals surface area contributed by atoms with Crippen molar-refractivity contribution in [3.05, 3.63) is 0 Å². The first-order chi connectivity index (χ1) is 8.89. The summed E-state index contributed by atoms with van der Waals surface area (Å²) in [4.78, 5) is 15.0. The summed E-state index contributed by atoms with van der Waals surface area (Å²) in [6.45, 7) is 10.1. The SMILES string of the molecule is CC1(C)CC2CC(C)(CN2C(=O)[C@@H]2CCCNC2)C1. The Morgan fingerprint density at radius 1 is 1.26 bits per heavy atom. The molecule has 0 aromatic rings. The van der Waals surface area contributed by atoms with E-state index >= 15 is 0 Å². The summed E-state index contributed by atoms with van der Waals surface area (Å²) in [6.07, 6.45) is 5.91. The molecule has 3 nitrogen and oxygen atoms in total. The van der Waals surface area contributed by atoms with Crippen LogP contribution in [0.4, 0.5) is 0 Å². The Balaban J connectivity index is 1.74. The van der Waals surface area contributed by atoms with Gasteiger partial charge in [0.05, 0.1) is 5.92 Å². The third kappa shape index (κ3) is 2.54. The highest BCUT2D eigenvalue weighted by atomic mass is 16.2. The molecule has 3 atom stereocenters. The van der Waals surface area contributed by atoms with Gasteiger partial charge < -0.3 is 10.2 Å². The second-order valence-electron chi connectivity index (χ2n) is 8.22. The molecule has 3 aliphatic rings. The van der Waals surface area contributed by atoms with Crippen molar-refractivity contribution in [2.75, 3.05) is 19.6 Å². The first-order valence-corrected chi connectivity index (χ1v) is 7.90. The molecule has 2 unspecified atom stereocenters. The number of nitrogens with zero attached hydrogens (tertiary/aromatic N) is 1. The number of hydrogen-bond acceptors (Lipinski definition) is 2. The Morgan fingerprint density at radius 2 is 2.05 bits per heavy atom. The summed E-state index contributed by atoms with van der Waals surface area (Å²) in [5.74, 6) is 0.665. The Labute approximate surface area is 117 Å². The summed E-state index contributed by atoms with van der Waals surface area (Å²) in [5.41, 5.74) is 0.766. The molecule has 0 aromatic heterocycles. The number of piperidine rings is 1.